The highest BCUT2D eigenvalue weighted by molar-refractivity contribution is 7.95. The van der Waals surface area contributed by atoms with Crippen molar-refractivity contribution in [3.8, 4) is 0 Å². The molecule has 0 N–H and O–H groups in total. The van der Waals surface area contributed by atoms with Gasteiger partial charge in [-0.15, -0.1) is 0 Å². The van der Waals surface area contributed by atoms with E-state index in [9.17, 15) is 13.2 Å². The first-order chi connectivity index (χ1) is 9.93. The van der Waals surface area contributed by atoms with Crippen molar-refractivity contribution in [3.05, 3.63) is 66.2 Å². The molecule has 110 valence electrons. The Morgan fingerprint density at radius 1 is 1.00 bits per heavy atom. The van der Waals surface area contributed by atoms with Gasteiger partial charge in [-0.2, -0.15) is 0 Å². The second-order valence-electron chi connectivity index (χ2n) is 4.59. The maximum atomic E-state index is 12.7. The smallest absolute Gasteiger partial charge is 0.212 e. The van der Waals surface area contributed by atoms with Crippen LogP contribution in [0.2, 0.25) is 0 Å². The predicted molar refractivity (Wildman–Crippen MR) is 83.3 cm³/mol. The number of sulfone groups is 1. The molecule has 0 aliphatic rings. The van der Waals surface area contributed by atoms with E-state index in [-0.39, 0.29) is 16.9 Å². The summed E-state index contributed by atoms with van der Waals surface area (Å²) in [5.41, 5.74) is 0.286. The van der Waals surface area contributed by atoms with Gasteiger partial charge in [-0.1, -0.05) is 67.1 Å². The summed E-state index contributed by atoms with van der Waals surface area (Å²) >= 11 is 6.30. The van der Waals surface area contributed by atoms with Crippen LogP contribution in [0.3, 0.4) is 0 Å². The minimum absolute atomic E-state index is 0.0144. The average molecular weight is 323 g/mol. The summed E-state index contributed by atoms with van der Waals surface area (Å²) in [6, 6.07) is 16.0. The Kier molecular flexibility index (Phi) is 4.49. The highest BCUT2D eigenvalue weighted by Crippen LogP contribution is 2.36. The Balaban J connectivity index is 2.54. The molecule has 0 saturated carbocycles. The van der Waals surface area contributed by atoms with E-state index in [1.165, 1.54) is 12.1 Å². The molecule has 0 aliphatic carbocycles. The van der Waals surface area contributed by atoms with Gasteiger partial charge in [0.1, 0.15) is 0 Å². The first kappa shape index (κ1) is 15.7. The summed E-state index contributed by atoms with van der Waals surface area (Å²) in [5.74, 6) is -0.601. The third-order valence-electron chi connectivity index (χ3n) is 3.31. The van der Waals surface area contributed by atoms with Gasteiger partial charge in [0.05, 0.1) is 4.90 Å². The summed E-state index contributed by atoms with van der Waals surface area (Å²) in [6.45, 7) is 1.59. The molecular formula is C16H15ClO3S. The van der Waals surface area contributed by atoms with Gasteiger partial charge in [0, 0.05) is 5.56 Å². The molecule has 21 heavy (non-hydrogen) atoms. The molecule has 2 aromatic rings. The van der Waals surface area contributed by atoms with Crippen LogP contribution in [-0.2, 0) is 9.84 Å². The van der Waals surface area contributed by atoms with Crippen LogP contribution in [0.5, 0.6) is 0 Å². The van der Waals surface area contributed by atoms with Crippen molar-refractivity contribution in [1.82, 2.24) is 0 Å². The van der Waals surface area contributed by atoms with E-state index in [1.54, 1.807) is 55.5 Å². The van der Waals surface area contributed by atoms with Gasteiger partial charge in [-0.05, 0) is 18.6 Å². The molecule has 0 heterocycles. The second-order valence-corrected chi connectivity index (χ2v) is 7.64. The molecule has 0 radical (unpaired) electrons. The topological polar surface area (TPSA) is 51.2 Å². The minimum Gasteiger partial charge on any atom is -0.291 e. The Morgan fingerprint density at radius 2 is 1.48 bits per heavy atom. The molecule has 0 aromatic heterocycles. The average Bonchev–Trinajstić information content (AvgIpc) is 2.54. The molecule has 0 spiro atoms. The van der Waals surface area contributed by atoms with Crippen LogP contribution < -0.4 is 0 Å². The van der Waals surface area contributed by atoms with Crippen molar-refractivity contribution in [3.63, 3.8) is 0 Å². The predicted octanol–water partition coefficient (Wildman–Crippen LogP) is 3.69. The fourth-order valence-corrected chi connectivity index (χ4v) is 4.07. The molecule has 2 rings (SSSR count). The Morgan fingerprint density at radius 3 is 1.95 bits per heavy atom. The summed E-state index contributed by atoms with van der Waals surface area (Å²) in [4.78, 5) is 12.7. The van der Waals surface area contributed by atoms with Gasteiger partial charge >= 0.3 is 0 Å². The summed E-state index contributed by atoms with van der Waals surface area (Å²) in [6.07, 6.45) is -0.0144. The van der Waals surface area contributed by atoms with Gasteiger partial charge < -0.3 is 0 Å². The highest BCUT2D eigenvalue weighted by atomic mass is 35.5. The Hall–Kier alpha value is -1.65. The maximum Gasteiger partial charge on any atom is 0.212 e. The van der Waals surface area contributed by atoms with Crippen molar-refractivity contribution >= 4 is 27.2 Å². The Bertz CT molecular complexity index is 727. The van der Waals surface area contributed by atoms with Crippen LogP contribution in [-0.4, -0.2) is 18.4 Å². The number of carbonyl (C=O) groups excluding carboxylic acids is 1. The van der Waals surface area contributed by atoms with Crippen LogP contribution >= 0.6 is 11.6 Å². The first-order valence-electron chi connectivity index (χ1n) is 6.52. The molecule has 1 atom stereocenters. The molecule has 3 nitrogen and oxygen atoms in total. The maximum absolute atomic E-state index is 12.7. The molecular weight excluding hydrogens is 308 g/mol. The zero-order valence-corrected chi connectivity index (χ0v) is 13.1. The number of ketones is 1. The highest BCUT2D eigenvalue weighted by Gasteiger charge is 2.48. The van der Waals surface area contributed by atoms with E-state index in [2.05, 4.69) is 0 Å². The van der Waals surface area contributed by atoms with Gasteiger partial charge in [0.15, 0.2) is 5.78 Å². The standard InChI is InChI=1S/C16H15ClO3S/c1-2-16(17,15(18)13-9-5-3-6-10-13)21(19,20)14-11-7-4-8-12-14/h3-12H,2H2,1H3/t16-/m1/s1. The first-order valence-corrected chi connectivity index (χ1v) is 8.38. The normalized spacial score (nSPS) is 14.4. The molecule has 0 fully saturated rings. The number of hydrogen-bond donors (Lipinski definition) is 0. The van der Waals surface area contributed by atoms with Crippen molar-refractivity contribution in [2.24, 2.45) is 0 Å². The summed E-state index contributed by atoms with van der Waals surface area (Å²) in [7, 11) is -3.98. The van der Waals surface area contributed by atoms with Crippen molar-refractivity contribution < 1.29 is 13.2 Å². The minimum atomic E-state index is -3.98. The van der Waals surface area contributed by atoms with E-state index in [0.717, 1.165) is 0 Å². The van der Waals surface area contributed by atoms with E-state index in [0.29, 0.717) is 0 Å². The molecule has 0 saturated heterocycles. The van der Waals surface area contributed by atoms with Crippen molar-refractivity contribution in [1.29, 1.82) is 0 Å². The lowest BCUT2D eigenvalue weighted by Gasteiger charge is -2.24. The number of benzene rings is 2. The third-order valence-corrected chi connectivity index (χ3v) is 6.58. The van der Waals surface area contributed by atoms with E-state index < -0.39 is 19.8 Å². The lowest BCUT2D eigenvalue weighted by molar-refractivity contribution is 0.0970. The van der Waals surface area contributed by atoms with Crippen molar-refractivity contribution in [2.45, 2.75) is 22.4 Å². The number of halogens is 1. The molecule has 0 amide bonds. The lowest BCUT2D eigenvalue weighted by Crippen LogP contribution is -2.40. The van der Waals surface area contributed by atoms with Gasteiger partial charge in [-0.25, -0.2) is 8.42 Å². The summed E-state index contributed by atoms with van der Waals surface area (Å²) < 4.78 is 23.5. The van der Waals surface area contributed by atoms with E-state index in [1.807, 2.05) is 0 Å². The fraction of sp³-hybridized carbons (Fsp3) is 0.188. The Labute approximate surface area is 129 Å². The molecule has 2 aromatic carbocycles. The van der Waals surface area contributed by atoms with Gasteiger partial charge in [-0.3, -0.25) is 4.79 Å². The monoisotopic (exact) mass is 322 g/mol. The van der Waals surface area contributed by atoms with Crippen molar-refractivity contribution in [2.75, 3.05) is 0 Å². The SMILES string of the molecule is CC[C@](Cl)(C(=O)c1ccccc1)S(=O)(=O)c1ccccc1. The van der Waals surface area contributed by atoms with Crippen LogP contribution in [0.25, 0.3) is 0 Å². The quantitative estimate of drug-likeness (QED) is 0.623. The van der Waals surface area contributed by atoms with E-state index >= 15 is 0 Å². The molecule has 5 heteroatoms. The fourth-order valence-electron chi connectivity index (χ4n) is 2.06. The number of hydrogen-bond acceptors (Lipinski definition) is 3. The van der Waals surface area contributed by atoms with Crippen LogP contribution in [0.1, 0.15) is 23.7 Å². The number of Topliss-reactive ketones (excluding diaryl/α,β-unsaturated/α-hetero) is 1. The zero-order valence-electron chi connectivity index (χ0n) is 11.5. The molecule has 0 unspecified atom stereocenters. The summed E-state index contributed by atoms with van der Waals surface area (Å²) in [5, 5.41) is 0. The third kappa shape index (κ3) is 2.74. The van der Waals surface area contributed by atoms with E-state index in [4.69, 9.17) is 11.6 Å². The van der Waals surface area contributed by atoms with Gasteiger partial charge in [0.25, 0.3) is 0 Å². The number of rotatable bonds is 5. The second kappa shape index (κ2) is 6.00. The lowest BCUT2D eigenvalue weighted by atomic mass is 10.1. The molecule has 0 aliphatic heterocycles. The van der Waals surface area contributed by atoms with Crippen LogP contribution in [0.15, 0.2) is 65.6 Å². The zero-order chi connectivity index (χ0) is 15.5. The molecule has 0 bridgehead atoms. The van der Waals surface area contributed by atoms with Gasteiger partial charge in [0.2, 0.25) is 14.0 Å². The largest absolute Gasteiger partial charge is 0.291 e. The van der Waals surface area contributed by atoms with Crippen LogP contribution in [0.4, 0.5) is 0 Å². The number of alkyl halides is 1. The number of carbonyl (C=O) groups is 1. The van der Waals surface area contributed by atoms with Crippen LogP contribution in [0, 0.1) is 0 Å².